The van der Waals surface area contributed by atoms with Gasteiger partial charge in [-0.3, -0.25) is 25.0 Å². The van der Waals surface area contributed by atoms with Crippen molar-refractivity contribution in [3.63, 3.8) is 0 Å². The molecule has 0 aromatic heterocycles. The molecule has 10 heteroatoms. The molecule has 0 aliphatic carbocycles. The predicted molar refractivity (Wildman–Crippen MR) is 138 cm³/mol. The molecule has 2 aliphatic heterocycles. The number of nitrogens with one attached hydrogen (secondary N) is 3. The van der Waals surface area contributed by atoms with Crippen molar-refractivity contribution in [3.05, 3.63) is 101 Å². The second-order valence-electron chi connectivity index (χ2n) is 8.26. The van der Waals surface area contributed by atoms with Gasteiger partial charge < -0.3 is 10.4 Å². The number of barbiturate groups is 1. The van der Waals surface area contributed by atoms with Crippen LogP contribution in [0.1, 0.15) is 30.0 Å². The molecule has 3 aromatic rings. The van der Waals surface area contributed by atoms with Crippen LogP contribution in [0.2, 0.25) is 5.02 Å². The van der Waals surface area contributed by atoms with Gasteiger partial charge >= 0.3 is 6.03 Å². The van der Waals surface area contributed by atoms with Gasteiger partial charge in [0.15, 0.2) is 5.41 Å². The van der Waals surface area contributed by atoms with E-state index >= 15 is 0 Å². The molecule has 0 saturated carbocycles. The normalized spacial score (nSPS) is 18.1. The number of anilines is 1. The molecule has 188 valence electrons. The van der Waals surface area contributed by atoms with Gasteiger partial charge in [-0.15, -0.1) is 0 Å². The molecule has 1 unspecified atom stereocenters. The summed E-state index contributed by atoms with van der Waals surface area (Å²) in [6, 6.07) is 22.4. The van der Waals surface area contributed by atoms with E-state index in [0.717, 1.165) is 5.56 Å². The largest absolute Gasteiger partial charge is 0.364 e. The first-order valence-corrected chi connectivity index (χ1v) is 11.8. The number of halogens is 1. The minimum atomic E-state index is -1.43. The number of carbonyl (C=O) groups excluding carboxylic acids is 4. The first-order valence-electron chi connectivity index (χ1n) is 11.4. The van der Waals surface area contributed by atoms with Gasteiger partial charge in [-0.25, -0.2) is 9.79 Å². The lowest BCUT2D eigenvalue weighted by atomic mass is 9.75. The van der Waals surface area contributed by atoms with E-state index in [4.69, 9.17) is 11.6 Å². The molecule has 5 rings (SSSR count). The van der Waals surface area contributed by atoms with E-state index in [1.165, 1.54) is 0 Å². The number of urea groups is 1. The van der Waals surface area contributed by atoms with Crippen LogP contribution in [0.15, 0.2) is 83.9 Å². The maximum Gasteiger partial charge on any atom is 0.328 e. The number of benzene rings is 3. The maximum absolute atomic E-state index is 12.0. The van der Waals surface area contributed by atoms with E-state index in [-0.39, 0.29) is 0 Å². The number of fused-ring (bicyclic) bond motifs is 1. The molecular weight excluding hydrogens is 496 g/mol. The van der Waals surface area contributed by atoms with Gasteiger partial charge in [0.1, 0.15) is 0 Å². The van der Waals surface area contributed by atoms with Gasteiger partial charge in [-0.1, -0.05) is 79.2 Å². The van der Waals surface area contributed by atoms with Gasteiger partial charge in [-0.2, -0.15) is 0 Å². The fourth-order valence-corrected chi connectivity index (χ4v) is 4.33. The van der Waals surface area contributed by atoms with Crippen LogP contribution in [0.25, 0.3) is 0 Å². The zero-order valence-electron chi connectivity index (χ0n) is 19.7. The number of hydrogen-bond acceptors (Lipinski definition) is 6. The Kier molecular flexibility index (Phi) is 7.47. The summed E-state index contributed by atoms with van der Waals surface area (Å²) in [6.45, 7) is 1.74. The van der Waals surface area contributed by atoms with Crippen LogP contribution in [0.3, 0.4) is 0 Å². The lowest BCUT2D eigenvalue weighted by Gasteiger charge is -2.33. The summed E-state index contributed by atoms with van der Waals surface area (Å²) < 4.78 is 0. The molecule has 1 atom stereocenters. The fourth-order valence-electron chi connectivity index (χ4n) is 4.16. The second-order valence-corrected chi connectivity index (χ2v) is 8.70. The lowest BCUT2D eigenvalue weighted by Crippen LogP contribution is -2.64. The number of aliphatic hydroxyl groups excluding tert-OH is 1. The number of rotatable bonds is 3. The average molecular weight is 519 g/mol. The number of nitrogens with zero attached hydrogens (tertiary/aromatic N) is 1. The molecular formula is C27H23ClN4O5. The topological polar surface area (TPSA) is 137 Å². The molecule has 0 bridgehead atoms. The number of benzodiazepines with no additional fused rings is 1. The maximum atomic E-state index is 12.0. The number of imide groups is 2. The summed E-state index contributed by atoms with van der Waals surface area (Å²) in [5.74, 6) is -1.69. The molecule has 2 aliphatic rings. The first kappa shape index (κ1) is 25.7. The van der Waals surface area contributed by atoms with Crippen molar-refractivity contribution in [1.82, 2.24) is 10.6 Å². The zero-order chi connectivity index (χ0) is 26.6. The Hall–Kier alpha value is -4.34. The lowest BCUT2D eigenvalue weighted by molar-refractivity contribution is -0.138. The van der Waals surface area contributed by atoms with E-state index in [1.54, 1.807) is 55.5 Å². The van der Waals surface area contributed by atoms with Crippen molar-refractivity contribution >= 4 is 46.8 Å². The number of aliphatic imine (C=N–C) groups is 1. The smallest absolute Gasteiger partial charge is 0.328 e. The first-order chi connectivity index (χ1) is 17.8. The number of carbonyl (C=O) groups is 4. The number of aliphatic hydroxyl groups is 1. The second kappa shape index (κ2) is 10.7. The van der Waals surface area contributed by atoms with E-state index < -0.39 is 35.4 Å². The van der Waals surface area contributed by atoms with Crippen LogP contribution >= 0.6 is 11.6 Å². The highest BCUT2D eigenvalue weighted by molar-refractivity contribution is 6.32. The third kappa shape index (κ3) is 5.13. The standard InChI is InChI=1S/C15H11ClN2O2.C12H12N2O3/c16-10-6-7-12-11(8-10)13(9-4-2-1-3-5-9)18-15(20)14(19)17-12;1-2-12(8-6-4-3-5-7-8)9(15)13-11(17)14-10(12)16/h1-8,15,20H,(H,17,19);3-7H,2H2,1H3,(H2,13,14,15,16,17). The fraction of sp³-hybridized carbons (Fsp3) is 0.148. The Bertz CT molecular complexity index is 1370. The average Bonchev–Trinajstić information content (AvgIpc) is 3.01. The van der Waals surface area contributed by atoms with Crippen LogP contribution in [0.5, 0.6) is 0 Å². The van der Waals surface area contributed by atoms with Gasteiger partial charge in [0.2, 0.25) is 18.0 Å². The monoisotopic (exact) mass is 518 g/mol. The van der Waals surface area contributed by atoms with Crippen LogP contribution in [0.4, 0.5) is 10.5 Å². The van der Waals surface area contributed by atoms with Crippen molar-refractivity contribution in [2.75, 3.05) is 5.32 Å². The number of hydrogen-bond donors (Lipinski definition) is 4. The van der Waals surface area contributed by atoms with Crippen molar-refractivity contribution in [1.29, 1.82) is 0 Å². The third-order valence-corrected chi connectivity index (χ3v) is 6.29. The molecule has 1 fully saturated rings. The SMILES string of the molecule is CCC1(c2ccccc2)C(=O)NC(=O)NC1=O.O=C1Nc2ccc(Cl)cc2C(c2ccccc2)=NC1O. The predicted octanol–water partition coefficient (Wildman–Crippen LogP) is 3.15. The Balaban J connectivity index is 0.000000176. The molecule has 3 aromatic carbocycles. The van der Waals surface area contributed by atoms with Crippen molar-refractivity contribution in [2.24, 2.45) is 4.99 Å². The zero-order valence-corrected chi connectivity index (χ0v) is 20.5. The Labute approximate surface area is 217 Å². The Morgan fingerprint density at radius 2 is 1.46 bits per heavy atom. The molecule has 4 N–H and O–H groups in total. The summed E-state index contributed by atoms with van der Waals surface area (Å²) >= 11 is 6.03. The highest BCUT2D eigenvalue weighted by Crippen LogP contribution is 2.30. The van der Waals surface area contributed by atoms with Crippen molar-refractivity contribution < 1.29 is 24.3 Å². The summed E-state index contributed by atoms with van der Waals surface area (Å²) in [4.78, 5) is 50.9. The highest BCUT2D eigenvalue weighted by atomic mass is 35.5. The molecule has 2 heterocycles. The van der Waals surface area contributed by atoms with Gasteiger partial charge in [-0.05, 0) is 30.2 Å². The van der Waals surface area contributed by atoms with E-state index in [0.29, 0.717) is 34.0 Å². The Morgan fingerprint density at radius 1 is 0.865 bits per heavy atom. The number of amides is 5. The quantitative estimate of drug-likeness (QED) is 0.395. The summed E-state index contributed by atoms with van der Waals surface area (Å²) in [6.07, 6.45) is -1.14. The summed E-state index contributed by atoms with van der Waals surface area (Å²) in [5, 5.41) is 17.3. The minimum absolute atomic E-state index is 0.294. The molecule has 0 radical (unpaired) electrons. The highest BCUT2D eigenvalue weighted by Gasteiger charge is 2.50. The van der Waals surface area contributed by atoms with E-state index in [9.17, 15) is 24.3 Å². The molecule has 0 spiro atoms. The summed E-state index contributed by atoms with van der Waals surface area (Å²) in [5.41, 5.74) is 1.90. The van der Waals surface area contributed by atoms with Crippen molar-refractivity contribution in [3.8, 4) is 0 Å². The van der Waals surface area contributed by atoms with Gasteiger partial charge in [0.25, 0.3) is 5.91 Å². The molecule has 1 saturated heterocycles. The van der Waals surface area contributed by atoms with E-state index in [1.807, 2.05) is 30.3 Å². The van der Waals surface area contributed by atoms with Crippen LogP contribution in [-0.2, 0) is 19.8 Å². The molecule has 5 amide bonds. The van der Waals surface area contributed by atoms with E-state index in [2.05, 4.69) is 20.9 Å². The van der Waals surface area contributed by atoms with Crippen molar-refractivity contribution in [2.45, 2.75) is 25.0 Å². The van der Waals surface area contributed by atoms with Gasteiger partial charge in [0, 0.05) is 16.1 Å². The minimum Gasteiger partial charge on any atom is -0.364 e. The van der Waals surface area contributed by atoms with Gasteiger partial charge in [0.05, 0.1) is 11.4 Å². The Morgan fingerprint density at radius 3 is 2.05 bits per heavy atom. The van der Waals surface area contributed by atoms with Crippen LogP contribution < -0.4 is 16.0 Å². The summed E-state index contributed by atoms with van der Waals surface area (Å²) in [7, 11) is 0. The molecule has 9 nitrogen and oxygen atoms in total. The third-order valence-electron chi connectivity index (χ3n) is 6.05. The molecule has 37 heavy (non-hydrogen) atoms. The van der Waals surface area contributed by atoms with Crippen LogP contribution in [0, 0.1) is 0 Å². The van der Waals surface area contributed by atoms with Crippen LogP contribution in [-0.4, -0.2) is 40.8 Å².